The smallest absolute Gasteiger partial charge is 0.271 e. The third-order valence-electron chi connectivity index (χ3n) is 2.20. The number of hydrogen-bond acceptors (Lipinski definition) is 4. The van der Waals surface area contributed by atoms with Crippen molar-refractivity contribution in [3.05, 3.63) is 33.3 Å². The number of hydrogen-bond donors (Lipinski definition) is 2. The Morgan fingerprint density at radius 1 is 1.65 bits per heavy atom. The van der Waals surface area contributed by atoms with Crippen molar-refractivity contribution >= 4 is 28.9 Å². The lowest BCUT2D eigenvalue weighted by Gasteiger charge is -2.10. The highest BCUT2D eigenvalue weighted by Gasteiger charge is 2.14. The summed E-state index contributed by atoms with van der Waals surface area (Å²) in [5.41, 5.74) is 5.71. The standard InChI is InChI=1S/C10H12ClN3O3/c1-2-8(12)10(15)13-9-4-3-6(14(16)17)5-7(9)11/h3-5,8H,2,12H2,1H3,(H,13,15)/t8-/m0/s1. The lowest BCUT2D eigenvalue weighted by atomic mass is 10.2. The third kappa shape index (κ3) is 3.40. The molecule has 0 aliphatic carbocycles. The zero-order valence-electron chi connectivity index (χ0n) is 9.14. The first-order valence-electron chi connectivity index (χ1n) is 4.96. The Morgan fingerprint density at radius 2 is 2.29 bits per heavy atom. The van der Waals surface area contributed by atoms with Crippen molar-refractivity contribution in [1.29, 1.82) is 0 Å². The predicted octanol–water partition coefficient (Wildman–Crippen LogP) is 1.92. The fourth-order valence-electron chi connectivity index (χ4n) is 1.13. The maximum Gasteiger partial charge on any atom is 0.271 e. The number of rotatable bonds is 4. The van der Waals surface area contributed by atoms with Crippen molar-refractivity contribution in [2.75, 3.05) is 5.32 Å². The third-order valence-corrected chi connectivity index (χ3v) is 2.51. The molecule has 3 N–H and O–H groups in total. The number of nitro benzene ring substituents is 1. The van der Waals surface area contributed by atoms with Crippen LogP contribution in [-0.2, 0) is 4.79 Å². The van der Waals surface area contributed by atoms with E-state index in [1.807, 2.05) is 0 Å². The number of anilines is 1. The van der Waals surface area contributed by atoms with Crippen LogP contribution in [0, 0.1) is 10.1 Å². The lowest BCUT2D eigenvalue weighted by Crippen LogP contribution is -2.34. The van der Waals surface area contributed by atoms with Gasteiger partial charge in [0.15, 0.2) is 0 Å². The van der Waals surface area contributed by atoms with Crippen LogP contribution in [0.4, 0.5) is 11.4 Å². The van der Waals surface area contributed by atoms with Crippen molar-refractivity contribution in [1.82, 2.24) is 0 Å². The van der Waals surface area contributed by atoms with Crippen LogP contribution >= 0.6 is 11.6 Å². The molecule has 0 unspecified atom stereocenters. The minimum atomic E-state index is -0.624. The molecule has 0 saturated heterocycles. The minimum absolute atomic E-state index is 0.107. The largest absolute Gasteiger partial charge is 0.323 e. The second-order valence-corrected chi connectivity index (χ2v) is 3.83. The average Bonchev–Trinajstić information content (AvgIpc) is 2.30. The summed E-state index contributed by atoms with van der Waals surface area (Å²) in [5.74, 6) is -0.372. The van der Waals surface area contributed by atoms with E-state index in [1.165, 1.54) is 18.2 Å². The summed E-state index contributed by atoms with van der Waals surface area (Å²) in [6.07, 6.45) is 0.496. The van der Waals surface area contributed by atoms with Gasteiger partial charge in [-0.05, 0) is 12.5 Å². The van der Waals surface area contributed by atoms with E-state index in [-0.39, 0.29) is 16.6 Å². The number of nitro groups is 1. The number of nitrogens with one attached hydrogen (secondary N) is 1. The molecule has 0 radical (unpaired) electrons. The summed E-state index contributed by atoms with van der Waals surface area (Å²) in [5, 5.41) is 13.1. The number of benzene rings is 1. The molecule has 0 aliphatic heterocycles. The summed E-state index contributed by atoms with van der Waals surface area (Å²) in [6.45, 7) is 1.78. The molecule has 0 aromatic heterocycles. The molecule has 1 atom stereocenters. The second-order valence-electron chi connectivity index (χ2n) is 3.43. The molecular weight excluding hydrogens is 246 g/mol. The first-order chi connectivity index (χ1) is 7.95. The van der Waals surface area contributed by atoms with Crippen LogP contribution in [0.25, 0.3) is 0 Å². The number of nitrogens with zero attached hydrogens (tertiary/aromatic N) is 1. The van der Waals surface area contributed by atoms with Crippen LogP contribution in [0.1, 0.15) is 13.3 Å². The average molecular weight is 258 g/mol. The molecule has 0 fully saturated rings. The van der Waals surface area contributed by atoms with Crippen LogP contribution < -0.4 is 11.1 Å². The van der Waals surface area contributed by atoms with Gasteiger partial charge in [0.25, 0.3) is 5.69 Å². The van der Waals surface area contributed by atoms with E-state index >= 15 is 0 Å². The van der Waals surface area contributed by atoms with Gasteiger partial charge in [-0.25, -0.2) is 0 Å². The molecule has 1 amide bonds. The van der Waals surface area contributed by atoms with Crippen molar-refractivity contribution in [3.8, 4) is 0 Å². The molecule has 1 rings (SSSR count). The minimum Gasteiger partial charge on any atom is -0.323 e. The van der Waals surface area contributed by atoms with Crippen LogP contribution in [0.15, 0.2) is 18.2 Å². The summed E-state index contributed by atoms with van der Waals surface area (Å²) >= 11 is 5.81. The molecule has 92 valence electrons. The Kier molecular flexibility index (Phi) is 4.42. The Labute approximate surface area is 103 Å². The van der Waals surface area contributed by atoms with Gasteiger partial charge in [0.05, 0.1) is 21.7 Å². The number of carbonyl (C=O) groups excluding carboxylic acids is 1. The van der Waals surface area contributed by atoms with Gasteiger partial charge in [0.1, 0.15) is 0 Å². The monoisotopic (exact) mass is 257 g/mol. The molecule has 0 saturated carbocycles. The molecule has 1 aromatic carbocycles. The topological polar surface area (TPSA) is 98.3 Å². The molecule has 0 bridgehead atoms. The normalized spacial score (nSPS) is 11.9. The molecule has 6 nitrogen and oxygen atoms in total. The molecule has 0 spiro atoms. The van der Waals surface area contributed by atoms with Crippen LogP contribution in [-0.4, -0.2) is 16.9 Å². The number of amides is 1. The SMILES string of the molecule is CC[C@H](N)C(=O)Nc1ccc([N+](=O)[O-])cc1Cl. The van der Waals surface area contributed by atoms with E-state index < -0.39 is 11.0 Å². The summed E-state index contributed by atoms with van der Waals surface area (Å²) in [6, 6.07) is 3.19. The number of carbonyl (C=O) groups is 1. The number of halogens is 1. The fourth-order valence-corrected chi connectivity index (χ4v) is 1.35. The Bertz CT molecular complexity index is 450. The van der Waals surface area contributed by atoms with Gasteiger partial charge in [-0.15, -0.1) is 0 Å². The highest BCUT2D eigenvalue weighted by Crippen LogP contribution is 2.26. The van der Waals surface area contributed by atoms with Crippen LogP contribution in [0.5, 0.6) is 0 Å². The Balaban J connectivity index is 2.86. The van der Waals surface area contributed by atoms with Gasteiger partial charge in [-0.1, -0.05) is 18.5 Å². The molecule has 7 heteroatoms. The molecule has 0 aliphatic rings. The zero-order valence-corrected chi connectivity index (χ0v) is 9.90. The molecule has 1 aromatic rings. The van der Waals surface area contributed by atoms with Crippen molar-refractivity contribution in [3.63, 3.8) is 0 Å². The first-order valence-corrected chi connectivity index (χ1v) is 5.34. The summed E-state index contributed by atoms with van der Waals surface area (Å²) < 4.78 is 0. The number of non-ortho nitro benzene ring substituents is 1. The van der Waals surface area contributed by atoms with Gasteiger partial charge in [0, 0.05) is 12.1 Å². The van der Waals surface area contributed by atoms with Gasteiger partial charge in [-0.3, -0.25) is 14.9 Å². The van der Waals surface area contributed by atoms with Crippen LogP contribution in [0.3, 0.4) is 0 Å². The summed E-state index contributed by atoms with van der Waals surface area (Å²) in [4.78, 5) is 21.4. The first kappa shape index (κ1) is 13.4. The van der Waals surface area contributed by atoms with E-state index in [0.29, 0.717) is 12.1 Å². The molecule has 17 heavy (non-hydrogen) atoms. The van der Waals surface area contributed by atoms with E-state index in [4.69, 9.17) is 17.3 Å². The molecular formula is C10H12ClN3O3. The van der Waals surface area contributed by atoms with Gasteiger partial charge < -0.3 is 11.1 Å². The van der Waals surface area contributed by atoms with Gasteiger partial charge in [0.2, 0.25) is 5.91 Å². The van der Waals surface area contributed by atoms with E-state index in [0.717, 1.165) is 0 Å². The highest BCUT2D eigenvalue weighted by atomic mass is 35.5. The van der Waals surface area contributed by atoms with Crippen molar-refractivity contribution < 1.29 is 9.72 Å². The maximum atomic E-state index is 11.5. The Hall–Kier alpha value is -1.66. The fraction of sp³-hybridized carbons (Fsp3) is 0.300. The van der Waals surface area contributed by atoms with E-state index in [2.05, 4.69) is 5.32 Å². The summed E-state index contributed by atoms with van der Waals surface area (Å²) in [7, 11) is 0. The highest BCUT2D eigenvalue weighted by molar-refractivity contribution is 6.34. The Morgan fingerprint density at radius 3 is 2.76 bits per heavy atom. The zero-order chi connectivity index (χ0) is 13.0. The quantitative estimate of drug-likeness (QED) is 0.636. The maximum absolute atomic E-state index is 11.5. The van der Waals surface area contributed by atoms with Crippen molar-refractivity contribution in [2.45, 2.75) is 19.4 Å². The predicted molar refractivity (Wildman–Crippen MR) is 65.0 cm³/mol. The van der Waals surface area contributed by atoms with Crippen LogP contribution in [0.2, 0.25) is 5.02 Å². The number of nitrogens with two attached hydrogens (primary N) is 1. The van der Waals surface area contributed by atoms with Gasteiger partial charge >= 0.3 is 0 Å². The molecule has 0 heterocycles. The van der Waals surface area contributed by atoms with E-state index in [9.17, 15) is 14.9 Å². The second kappa shape index (κ2) is 5.60. The lowest BCUT2D eigenvalue weighted by molar-refractivity contribution is -0.384. The van der Waals surface area contributed by atoms with Gasteiger partial charge in [-0.2, -0.15) is 0 Å². The van der Waals surface area contributed by atoms with Crippen molar-refractivity contribution in [2.24, 2.45) is 5.73 Å². The van der Waals surface area contributed by atoms with E-state index in [1.54, 1.807) is 6.92 Å².